The van der Waals surface area contributed by atoms with E-state index in [1.54, 1.807) is 0 Å². The van der Waals surface area contributed by atoms with Crippen LogP contribution in [0.5, 0.6) is 0 Å². The SMILES string of the molecule is CN(CC1CCN(C(=O)OC(C)(C)C)C1)c1nc2ccccc2nc1NC1CC1. The van der Waals surface area contributed by atoms with Gasteiger partial charge < -0.3 is 19.9 Å². The van der Waals surface area contributed by atoms with Gasteiger partial charge in [0, 0.05) is 32.7 Å². The molecule has 7 heteroatoms. The van der Waals surface area contributed by atoms with Crippen LogP contribution in [0.1, 0.15) is 40.0 Å². The van der Waals surface area contributed by atoms with Crippen molar-refractivity contribution in [1.29, 1.82) is 0 Å². The molecule has 1 aromatic heterocycles. The first-order valence-electron chi connectivity index (χ1n) is 10.5. The predicted octanol–water partition coefficient (Wildman–Crippen LogP) is 3.90. The van der Waals surface area contributed by atoms with Gasteiger partial charge in [-0.1, -0.05) is 12.1 Å². The highest BCUT2D eigenvalue weighted by Gasteiger charge is 2.31. The lowest BCUT2D eigenvalue weighted by atomic mass is 10.1. The van der Waals surface area contributed by atoms with Gasteiger partial charge in [-0.15, -0.1) is 0 Å². The van der Waals surface area contributed by atoms with Gasteiger partial charge in [0.2, 0.25) is 0 Å². The van der Waals surface area contributed by atoms with Crippen LogP contribution >= 0.6 is 0 Å². The fourth-order valence-electron chi connectivity index (χ4n) is 3.72. The molecule has 29 heavy (non-hydrogen) atoms. The van der Waals surface area contributed by atoms with Crippen molar-refractivity contribution in [2.75, 3.05) is 36.9 Å². The number of nitrogens with zero attached hydrogens (tertiary/aromatic N) is 4. The molecule has 2 aromatic rings. The van der Waals surface area contributed by atoms with E-state index >= 15 is 0 Å². The largest absolute Gasteiger partial charge is 0.444 e. The number of carbonyl (C=O) groups is 1. The van der Waals surface area contributed by atoms with E-state index in [0.29, 0.717) is 18.5 Å². The lowest BCUT2D eigenvalue weighted by Gasteiger charge is -2.26. The summed E-state index contributed by atoms with van der Waals surface area (Å²) < 4.78 is 5.52. The van der Waals surface area contributed by atoms with Gasteiger partial charge in [-0.2, -0.15) is 0 Å². The molecule has 2 aliphatic rings. The quantitative estimate of drug-likeness (QED) is 0.825. The number of benzene rings is 1. The van der Waals surface area contributed by atoms with Crippen LogP contribution in [0.2, 0.25) is 0 Å². The molecule has 1 N–H and O–H groups in total. The maximum atomic E-state index is 12.3. The molecule has 1 saturated heterocycles. The highest BCUT2D eigenvalue weighted by molar-refractivity contribution is 5.80. The molecule has 2 heterocycles. The summed E-state index contributed by atoms with van der Waals surface area (Å²) in [6, 6.07) is 8.49. The third-order valence-corrected chi connectivity index (χ3v) is 5.30. The van der Waals surface area contributed by atoms with Crippen molar-refractivity contribution in [3.63, 3.8) is 0 Å². The number of anilines is 2. The van der Waals surface area contributed by atoms with Crippen LogP contribution in [0, 0.1) is 5.92 Å². The Hall–Kier alpha value is -2.57. The minimum atomic E-state index is -0.462. The number of rotatable bonds is 5. The summed E-state index contributed by atoms with van der Waals surface area (Å²) >= 11 is 0. The highest BCUT2D eigenvalue weighted by Crippen LogP contribution is 2.31. The fourth-order valence-corrected chi connectivity index (χ4v) is 3.72. The number of nitrogens with one attached hydrogen (secondary N) is 1. The van der Waals surface area contributed by atoms with Gasteiger partial charge in [0.25, 0.3) is 0 Å². The van der Waals surface area contributed by atoms with Gasteiger partial charge in [-0.05, 0) is 58.1 Å². The normalized spacial score (nSPS) is 19.4. The standard InChI is InChI=1S/C22H31N5O2/c1-22(2,3)29-21(28)27-12-11-15(14-27)13-26(4)20-19(23-16-9-10-16)24-17-7-5-6-8-18(17)25-20/h5-8,15-16H,9-14H2,1-4H3,(H,23,24). The number of amides is 1. The minimum absolute atomic E-state index is 0.218. The molecule has 156 valence electrons. The first kappa shape index (κ1) is 19.7. The molecule has 0 bridgehead atoms. The van der Waals surface area contributed by atoms with Gasteiger partial charge in [-0.25, -0.2) is 14.8 Å². The predicted molar refractivity (Wildman–Crippen MR) is 115 cm³/mol. The average molecular weight is 398 g/mol. The number of hydrogen-bond donors (Lipinski definition) is 1. The van der Waals surface area contributed by atoms with E-state index in [2.05, 4.69) is 17.3 Å². The number of likely N-dealkylation sites (tertiary alicyclic amines) is 1. The van der Waals surface area contributed by atoms with Crippen molar-refractivity contribution in [3.8, 4) is 0 Å². The molecule has 4 rings (SSSR count). The van der Waals surface area contributed by atoms with E-state index in [-0.39, 0.29) is 6.09 Å². The summed E-state index contributed by atoms with van der Waals surface area (Å²) in [5.41, 5.74) is 1.35. The summed E-state index contributed by atoms with van der Waals surface area (Å²) in [7, 11) is 2.06. The van der Waals surface area contributed by atoms with Crippen LogP contribution in [-0.4, -0.2) is 59.3 Å². The number of fused-ring (bicyclic) bond motifs is 1. The van der Waals surface area contributed by atoms with Crippen molar-refractivity contribution in [1.82, 2.24) is 14.9 Å². The number of para-hydroxylation sites is 2. The zero-order chi connectivity index (χ0) is 20.6. The zero-order valence-corrected chi connectivity index (χ0v) is 17.8. The Labute approximate surface area is 172 Å². The summed E-state index contributed by atoms with van der Waals surface area (Å²) in [5.74, 6) is 2.12. The highest BCUT2D eigenvalue weighted by atomic mass is 16.6. The van der Waals surface area contributed by atoms with Crippen molar-refractivity contribution >= 4 is 28.8 Å². The molecule has 1 atom stereocenters. The maximum absolute atomic E-state index is 12.3. The minimum Gasteiger partial charge on any atom is -0.444 e. The van der Waals surface area contributed by atoms with E-state index < -0.39 is 5.60 Å². The van der Waals surface area contributed by atoms with Gasteiger partial charge in [0.05, 0.1) is 11.0 Å². The molecule has 1 unspecified atom stereocenters. The van der Waals surface area contributed by atoms with E-state index in [1.165, 1.54) is 12.8 Å². The lowest BCUT2D eigenvalue weighted by Crippen LogP contribution is -2.36. The Balaban J connectivity index is 1.46. The summed E-state index contributed by atoms with van der Waals surface area (Å²) in [6.07, 6.45) is 3.12. The van der Waals surface area contributed by atoms with Gasteiger partial charge in [0.15, 0.2) is 11.6 Å². The molecule has 1 amide bonds. The molecule has 7 nitrogen and oxygen atoms in total. The van der Waals surface area contributed by atoms with Crippen LogP contribution in [0.4, 0.5) is 16.4 Å². The Kier molecular flexibility index (Phi) is 5.23. The number of carbonyl (C=O) groups excluding carboxylic acids is 1. The first-order chi connectivity index (χ1) is 13.8. The molecule has 0 spiro atoms. The van der Waals surface area contributed by atoms with E-state index in [4.69, 9.17) is 14.7 Å². The van der Waals surface area contributed by atoms with Crippen LogP contribution in [-0.2, 0) is 4.74 Å². The maximum Gasteiger partial charge on any atom is 0.410 e. The Morgan fingerprint density at radius 1 is 1.21 bits per heavy atom. The summed E-state index contributed by atoms with van der Waals surface area (Å²) in [6.45, 7) is 7.98. The molecule has 0 radical (unpaired) electrons. The second-order valence-corrected chi connectivity index (χ2v) is 9.26. The van der Waals surface area contributed by atoms with Crippen LogP contribution < -0.4 is 10.2 Å². The second kappa shape index (κ2) is 7.69. The third kappa shape index (κ3) is 4.89. The fraction of sp³-hybridized carbons (Fsp3) is 0.591. The monoisotopic (exact) mass is 397 g/mol. The van der Waals surface area contributed by atoms with Gasteiger partial charge in [-0.3, -0.25) is 0 Å². The average Bonchev–Trinajstić information content (AvgIpc) is 3.34. The molecule has 1 aliphatic carbocycles. The van der Waals surface area contributed by atoms with Crippen molar-refractivity contribution in [2.45, 2.75) is 51.7 Å². The Morgan fingerprint density at radius 3 is 2.55 bits per heavy atom. The summed E-state index contributed by atoms with van der Waals surface area (Å²) in [5, 5.41) is 3.54. The molecule has 2 fully saturated rings. The van der Waals surface area contributed by atoms with Crippen molar-refractivity contribution < 1.29 is 9.53 Å². The van der Waals surface area contributed by atoms with E-state index in [0.717, 1.165) is 42.2 Å². The number of ether oxygens (including phenoxy) is 1. The summed E-state index contributed by atoms with van der Waals surface area (Å²) in [4.78, 5) is 26.1. The van der Waals surface area contributed by atoms with Gasteiger partial charge >= 0.3 is 6.09 Å². The van der Waals surface area contributed by atoms with Crippen molar-refractivity contribution in [2.24, 2.45) is 5.92 Å². The van der Waals surface area contributed by atoms with Crippen LogP contribution in [0.15, 0.2) is 24.3 Å². The Bertz CT molecular complexity index is 890. The lowest BCUT2D eigenvalue weighted by molar-refractivity contribution is 0.0288. The first-order valence-corrected chi connectivity index (χ1v) is 10.5. The molecule has 1 aliphatic heterocycles. The van der Waals surface area contributed by atoms with E-state index in [9.17, 15) is 4.79 Å². The molecular weight excluding hydrogens is 366 g/mol. The van der Waals surface area contributed by atoms with Crippen molar-refractivity contribution in [3.05, 3.63) is 24.3 Å². The number of aromatic nitrogens is 2. The van der Waals surface area contributed by atoms with Crippen LogP contribution in [0.3, 0.4) is 0 Å². The molecular formula is C22H31N5O2. The smallest absolute Gasteiger partial charge is 0.410 e. The number of hydrogen-bond acceptors (Lipinski definition) is 6. The Morgan fingerprint density at radius 2 is 1.90 bits per heavy atom. The molecule has 1 aromatic carbocycles. The molecule has 1 saturated carbocycles. The zero-order valence-electron chi connectivity index (χ0n) is 17.8. The van der Waals surface area contributed by atoms with Gasteiger partial charge in [0.1, 0.15) is 5.60 Å². The second-order valence-electron chi connectivity index (χ2n) is 9.26. The topological polar surface area (TPSA) is 70.6 Å². The van der Waals surface area contributed by atoms with E-state index in [1.807, 2.05) is 49.9 Å². The van der Waals surface area contributed by atoms with Crippen LogP contribution in [0.25, 0.3) is 11.0 Å². The third-order valence-electron chi connectivity index (χ3n) is 5.30.